The molecule has 104 valence electrons. The molecule has 0 saturated heterocycles. The second-order valence-electron chi connectivity index (χ2n) is 4.75. The summed E-state index contributed by atoms with van der Waals surface area (Å²) in [5, 5.41) is 11.0. The van der Waals surface area contributed by atoms with E-state index < -0.39 is 4.92 Å². The van der Waals surface area contributed by atoms with Gasteiger partial charge in [-0.1, -0.05) is 19.9 Å². The topological polar surface area (TPSA) is 69.4 Å². The first-order chi connectivity index (χ1) is 8.86. The van der Waals surface area contributed by atoms with Crippen molar-refractivity contribution in [2.24, 2.45) is 5.92 Å². The summed E-state index contributed by atoms with van der Waals surface area (Å²) >= 11 is 0. The monoisotopic (exact) mass is 265 g/mol. The maximum atomic E-state index is 11.7. The number of nitrogens with zero attached hydrogens (tertiary/aromatic N) is 1. The summed E-state index contributed by atoms with van der Waals surface area (Å²) in [7, 11) is 0. The molecule has 0 saturated carbocycles. The highest BCUT2D eigenvalue weighted by Crippen LogP contribution is 2.32. The predicted octanol–water partition coefficient (Wildman–Crippen LogP) is 3.21. The van der Waals surface area contributed by atoms with Gasteiger partial charge in [-0.3, -0.25) is 14.9 Å². The van der Waals surface area contributed by atoms with Crippen LogP contribution in [0.4, 0.5) is 5.69 Å². The molecule has 1 aromatic rings. The van der Waals surface area contributed by atoms with E-state index in [1.807, 2.05) is 13.8 Å². The Morgan fingerprint density at radius 3 is 2.58 bits per heavy atom. The summed E-state index contributed by atoms with van der Waals surface area (Å²) in [6.07, 6.45) is 0.733. The SMILES string of the molecule is CCC(C)C(=O)COc1c(C)cc(C)cc1[N+](=O)[O-]. The molecule has 1 rings (SSSR count). The maximum Gasteiger partial charge on any atom is 0.311 e. The molecular weight excluding hydrogens is 246 g/mol. The first-order valence-electron chi connectivity index (χ1n) is 6.28. The summed E-state index contributed by atoms with van der Waals surface area (Å²) < 4.78 is 5.38. The molecule has 0 fully saturated rings. The molecule has 0 bridgehead atoms. The summed E-state index contributed by atoms with van der Waals surface area (Å²) in [6, 6.07) is 3.26. The van der Waals surface area contributed by atoms with Crippen molar-refractivity contribution in [3.63, 3.8) is 0 Å². The molecule has 0 heterocycles. The van der Waals surface area contributed by atoms with Gasteiger partial charge >= 0.3 is 5.69 Å². The lowest BCUT2D eigenvalue weighted by Crippen LogP contribution is -2.19. The van der Waals surface area contributed by atoms with Crippen LogP contribution < -0.4 is 4.74 Å². The van der Waals surface area contributed by atoms with Crippen molar-refractivity contribution >= 4 is 11.5 Å². The van der Waals surface area contributed by atoms with Gasteiger partial charge in [0.15, 0.2) is 5.78 Å². The Kier molecular flexibility index (Phi) is 5.03. The van der Waals surface area contributed by atoms with Gasteiger partial charge in [-0.2, -0.15) is 0 Å². The van der Waals surface area contributed by atoms with Gasteiger partial charge in [-0.25, -0.2) is 0 Å². The summed E-state index contributed by atoms with van der Waals surface area (Å²) in [6.45, 7) is 7.14. The van der Waals surface area contributed by atoms with Gasteiger partial charge < -0.3 is 4.74 Å². The van der Waals surface area contributed by atoms with E-state index in [1.54, 1.807) is 19.9 Å². The number of hydrogen-bond donors (Lipinski definition) is 0. The number of nitro groups is 1. The standard InChI is InChI=1S/C14H19NO4/c1-5-10(3)13(16)8-19-14-11(4)6-9(2)7-12(14)15(17)18/h6-7,10H,5,8H2,1-4H3. The predicted molar refractivity (Wildman–Crippen MR) is 72.5 cm³/mol. The Bertz CT molecular complexity index is 496. The van der Waals surface area contributed by atoms with Gasteiger partial charge in [0.25, 0.3) is 0 Å². The lowest BCUT2D eigenvalue weighted by Gasteiger charge is -2.12. The second kappa shape index (κ2) is 6.31. The van der Waals surface area contributed by atoms with Crippen LogP contribution in [0.1, 0.15) is 31.4 Å². The third-order valence-corrected chi connectivity index (χ3v) is 3.12. The molecule has 1 atom stereocenters. The summed E-state index contributed by atoms with van der Waals surface area (Å²) in [5.41, 5.74) is 1.38. The third-order valence-electron chi connectivity index (χ3n) is 3.12. The molecule has 5 heteroatoms. The van der Waals surface area contributed by atoms with Crippen molar-refractivity contribution < 1.29 is 14.5 Å². The van der Waals surface area contributed by atoms with Crippen molar-refractivity contribution in [3.05, 3.63) is 33.4 Å². The molecule has 0 amide bonds. The fourth-order valence-corrected chi connectivity index (χ4v) is 1.77. The van der Waals surface area contributed by atoms with E-state index in [9.17, 15) is 14.9 Å². The van der Waals surface area contributed by atoms with Crippen LogP contribution >= 0.6 is 0 Å². The largest absolute Gasteiger partial charge is 0.479 e. The number of aryl methyl sites for hydroxylation is 2. The van der Waals surface area contributed by atoms with E-state index in [1.165, 1.54) is 6.07 Å². The van der Waals surface area contributed by atoms with E-state index in [0.717, 1.165) is 12.0 Å². The molecule has 1 unspecified atom stereocenters. The molecular formula is C14H19NO4. The second-order valence-corrected chi connectivity index (χ2v) is 4.75. The number of ketones is 1. The van der Waals surface area contributed by atoms with Crippen molar-refractivity contribution in [1.29, 1.82) is 0 Å². The van der Waals surface area contributed by atoms with Crippen molar-refractivity contribution in [2.45, 2.75) is 34.1 Å². The average Bonchev–Trinajstić information content (AvgIpc) is 2.35. The number of carbonyl (C=O) groups excluding carboxylic acids is 1. The number of hydrogen-bond acceptors (Lipinski definition) is 4. The number of carbonyl (C=O) groups is 1. The van der Waals surface area contributed by atoms with Gasteiger partial charge in [0, 0.05) is 12.0 Å². The molecule has 0 aliphatic carbocycles. The zero-order valence-electron chi connectivity index (χ0n) is 11.7. The molecule has 0 radical (unpaired) electrons. The highest BCUT2D eigenvalue weighted by atomic mass is 16.6. The molecule has 5 nitrogen and oxygen atoms in total. The lowest BCUT2D eigenvalue weighted by molar-refractivity contribution is -0.385. The van der Waals surface area contributed by atoms with E-state index in [2.05, 4.69) is 0 Å². The van der Waals surface area contributed by atoms with Crippen molar-refractivity contribution in [3.8, 4) is 5.75 Å². The van der Waals surface area contributed by atoms with Crippen LogP contribution in [0.5, 0.6) is 5.75 Å². The fourth-order valence-electron chi connectivity index (χ4n) is 1.77. The Labute approximate surface area is 112 Å². The van der Waals surface area contributed by atoms with Crippen LogP contribution in [0.3, 0.4) is 0 Å². The Morgan fingerprint density at radius 2 is 2.05 bits per heavy atom. The molecule has 0 N–H and O–H groups in total. The van der Waals surface area contributed by atoms with Crippen LogP contribution in [0.15, 0.2) is 12.1 Å². The first kappa shape index (κ1) is 15.1. The Hall–Kier alpha value is -1.91. The van der Waals surface area contributed by atoms with Crippen LogP contribution in [-0.4, -0.2) is 17.3 Å². The molecule has 0 aromatic heterocycles. The zero-order chi connectivity index (χ0) is 14.6. The number of ether oxygens (including phenoxy) is 1. The van der Waals surface area contributed by atoms with Crippen LogP contribution in [0.2, 0.25) is 0 Å². The molecule has 0 aliphatic rings. The lowest BCUT2D eigenvalue weighted by atomic mass is 10.0. The first-order valence-corrected chi connectivity index (χ1v) is 6.28. The smallest absolute Gasteiger partial charge is 0.311 e. The molecule has 0 aliphatic heterocycles. The van der Waals surface area contributed by atoms with Crippen LogP contribution in [0, 0.1) is 29.9 Å². The quantitative estimate of drug-likeness (QED) is 0.585. The van der Waals surface area contributed by atoms with Gasteiger partial charge in [0.05, 0.1) is 4.92 Å². The highest BCUT2D eigenvalue weighted by molar-refractivity contribution is 5.82. The molecule has 19 heavy (non-hydrogen) atoms. The zero-order valence-corrected chi connectivity index (χ0v) is 11.7. The summed E-state index contributed by atoms with van der Waals surface area (Å²) in [5.74, 6) is 0.0498. The minimum absolute atomic E-state index is 0.0447. The average molecular weight is 265 g/mol. The minimum Gasteiger partial charge on any atom is -0.479 e. The van der Waals surface area contributed by atoms with Gasteiger partial charge in [0.1, 0.15) is 6.61 Å². The van der Waals surface area contributed by atoms with Crippen LogP contribution in [0.25, 0.3) is 0 Å². The van der Waals surface area contributed by atoms with E-state index in [4.69, 9.17) is 4.74 Å². The minimum atomic E-state index is -0.483. The Balaban J connectivity index is 2.95. The fraction of sp³-hybridized carbons (Fsp3) is 0.500. The van der Waals surface area contributed by atoms with Crippen molar-refractivity contribution in [1.82, 2.24) is 0 Å². The highest BCUT2D eigenvalue weighted by Gasteiger charge is 2.20. The number of nitro benzene ring substituents is 1. The maximum absolute atomic E-state index is 11.7. The third kappa shape index (κ3) is 3.77. The molecule has 1 aromatic carbocycles. The summed E-state index contributed by atoms with van der Waals surface area (Å²) in [4.78, 5) is 22.2. The number of Topliss-reactive ketones (excluding diaryl/α,β-unsaturated/α-hetero) is 1. The number of rotatable bonds is 6. The van der Waals surface area contributed by atoms with Crippen LogP contribution in [-0.2, 0) is 4.79 Å². The van der Waals surface area contributed by atoms with Gasteiger partial charge in [0.2, 0.25) is 5.75 Å². The van der Waals surface area contributed by atoms with E-state index in [0.29, 0.717) is 5.56 Å². The van der Waals surface area contributed by atoms with Crippen molar-refractivity contribution in [2.75, 3.05) is 6.61 Å². The normalized spacial score (nSPS) is 12.0. The number of benzene rings is 1. The molecule has 0 spiro atoms. The van der Waals surface area contributed by atoms with Gasteiger partial charge in [-0.05, 0) is 31.4 Å². The van der Waals surface area contributed by atoms with Gasteiger partial charge in [-0.15, -0.1) is 0 Å². The Morgan fingerprint density at radius 1 is 1.42 bits per heavy atom. The van der Waals surface area contributed by atoms with E-state index >= 15 is 0 Å². The van der Waals surface area contributed by atoms with E-state index in [-0.39, 0.29) is 29.7 Å².